The molecule has 0 spiro atoms. The van der Waals surface area contributed by atoms with Crippen LogP contribution in [0.5, 0.6) is 5.88 Å². The molecule has 1 saturated carbocycles. The number of rotatable bonds is 10. The van der Waals surface area contributed by atoms with E-state index in [0.29, 0.717) is 24.8 Å². The summed E-state index contributed by atoms with van der Waals surface area (Å²) in [5.41, 5.74) is 0.808. The van der Waals surface area contributed by atoms with Crippen molar-refractivity contribution in [2.75, 3.05) is 18.5 Å². The van der Waals surface area contributed by atoms with Crippen LogP contribution >= 0.6 is 0 Å². The molecule has 0 bridgehead atoms. The van der Waals surface area contributed by atoms with Crippen LogP contribution < -0.4 is 15.4 Å². The van der Waals surface area contributed by atoms with Gasteiger partial charge in [0.15, 0.2) is 0 Å². The summed E-state index contributed by atoms with van der Waals surface area (Å²) in [6.07, 6.45) is 4.11. The fourth-order valence-electron chi connectivity index (χ4n) is 4.00. The first-order valence-electron chi connectivity index (χ1n) is 12.9. The van der Waals surface area contributed by atoms with E-state index in [-0.39, 0.29) is 24.8 Å². The maximum atomic E-state index is 12.5. The van der Waals surface area contributed by atoms with Gasteiger partial charge in [-0.2, -0.15) is 0 Å². The van der Waals surface area contributed by atoms with E-state index in [1.807, 2.05) is 69.6 Å². The number of amides is 2. The van der Waals surface area contributed by atoms with Crippen LogP contribution in [0.1, 0.15) is 71.9 Å². The highest BCUT2D eigenvalue weighted by molar-refractivity contribution is 5.86. The second-order valence-corrected chi connectivity index (χ2v) is 10.4. The molecule has 10 heteroatoms. The van der Waals surface area contributed by atoms with E-state index in [2.05, 4.69) is 15.7 Å². The number of benzene rings is 1. The number of carbonyl (C=O) groups is 2. The molecule has 1 aliphatic rings. The maximum absolute atomic E-state index is 12.5. The fourth-order valence-corrected chi connectivity index (χ4v) is 4.00. The van der Waals surface area contributed by atoms with E-state index in [9.17, 15) is 9.59 Å². The summed E-state index contributed by atoms with van der Waals surface area (Å²) in [5.74, 6) is 0.318. The van der Waals surface area contributed by atoms with Gasteiger partial charge in [0, 0.05) is 6.04 Å². The number of hydrogen-bond donors (Lipinski definition) is 2. The molecular formula is C27H40N4O6. The van der Waals surface area contributed by atoms with Gasteiger partial charge < -0.3 is 24.3 Å². The molecule has 1 heterocycles. The van der Waals surface area contributed by atoms with Crippen molar-refractivity contribution in [1.82, 2.24) is 15.1 Å². The average molecular weight is 517 g/mol. The highest BCUT2D eigenvalue weighted by Gasteiger charge is 2.27. The molecule has 2 amide bonds. The smallest absolute Gasteiger partial charge is 0.412 e. The molecule has 1 aromatic heterocycles. The predicted molar refractivity (Wildman–Crippen MR) is 140 cm³/mol. The molecule has 3 rings (SSSR count). The molecule has 0 radical (unpaired) electrons. The highest BCUT2D eigenvalue weighted by Crippen LogP contribution is 2.32. The van der Waals surface area contributed by atoms with Crippen molar-refractivity contribution >= 4 is 17.9 Å². The zero-order valence-corrected chi connectivity index (χ0v) is 22.5. The molecule has 1 aromatic carbocycles. The minimum absolute atomic E-state index is 0.0520. The first-order valence-corrected chi connectivity index (χ1v) is 12.9. The van der Waals surface area contributed by atoms with Crippen molar-refractivity contribution in [2.45, 2.75) is 90.7 Å². The summed E-state index contributed by atoms with van der Waals surface area (Å²) in [6.45, 7) is 10.3. The quantitative estimate of drug-likeness (QED) is 0.404. The lowest BCUT2D eigenvalue weighted by molar-refractivity contribution is 0.0485. The van der Waals surface area contributed by atoms with E-state index in [0.717, 1.165) is 31.2 Å². The Balaban J connectivity index is 1.59. The maximum Gasteiger partial charge on any atom is 0.412 e. The Bertz CT molecular complexity index is 994. The number of nitrogens with one attached hydrogen (secondary N) is 2. The summed E-state index contributed by atoms with van der Waals surface area (Å²) in [7, 11) is 0. The molecule has 2 aromatic rings. The van der Waals surface area contributed by atoms with Crippen LogP contribution in [-0.2, 0) is 20.8 Å². The number of hydrogen-bond acceptors (Lipinski definition) is 7. The molecule has 204 valence electrons. The van der Waals surface area contributed by atoms with Crippen LogP contribution in [0.2, 0.25) is 0 Å². The van der Waals surface area contributed by atoms with Gasteiger partial charge in [-0.05, 0) is 65.9 Å². The number of alkyl carbamates (subject to hydrolysis) is 1. The lowest BCUT2D eigenvalue weighted by atomic mass is 9.91. The molecule has 2 N–H and O–H groups in total. The molecule has 1 fully saturated rings. The predicted octanol–water partition coefficient (Wildman–Crippen LogP) is 5.44. The average Bonchev–Trinajstić information content (AvgIpc) is 3.22. The van der Waals surface area contributed by atoms with Crippen LogP contribution in [0, 0.1) is 0 Å². The third-order valence-electron chi connectivity index (χ3n) is 5.71. The lowest BCUT2D eigenvalue weighted by Crippen LogP contribution is -2.41. The van der Waals surface area contributed by atoms with E-state index < -0.39 is 17.8 Å². The van der Waals surface area contributed by atoms with Crippen LogP contribution in [0.25, 0.3) is 0 Å². The van der Waals surface area contributed by atoms with Crippen molar-refractivity contribution in [2.24, 2.45) is 0 Å². The van der Waals surface area contributed by atoms with Crippen molar-refractivity contribution in [3.8, 4) is 5.88 Å². The Kier molecular flexibility index (Phi) is 10.2. The van der Waals surface area contributed by atoms with Gasteiger partial charge in [0.2, 0.25) is 0 Å². The second-order valence-electron chi connectivity index (χ2n) is 10.4. The van der Waals surface area contributed by atoms with Gasteiger partial charge in [-0.3, -0.25) is 10.00 Å². The Morgan fingerprint density at radius 1 is 1.05 bits per heavy atom. The zero-order chi connectivity index (χ0) is 26.8. The number of anilines is 1. The highest BCUT2D eigenvalue weighted by atomic mass is 16.6. The molecule has 0 aliphatic heterocycles. The van der Waals surface area contributed by atoms with Crippen LogP contribution in [-0.4, -0.2) is 52.9 Å². The molecule has 37 heavy (non-hydrogen) atoms. The minimum Gasteiger partial charge on any atom is -0.473 e. The number of aromatic nitrogens is 2. The molecule has 0 saturated heterocycles. The lowest BCUT2D eigenvalue weighted by Gasteiger charge is -2.30. The zero-order valence-electron chi connectivity index (χ0n) is 22.5. The van der Waals surface area contributed by atoms with Crippen molar-refractivity contribution < 1.29 is 28.5 Å². The minimum atomic E-state index is -0.586. The summed E-state index contributed by atoms with van der Waals surface area (Å²) >= 11 is 0. The third kappa shape index (κ3) is 9.95. The van der Waals surface area contributed by atoms with Crippen molar-refractivity contribution in [3.63, 3.8) is 0 Å². The second kappa shape index (κ2) is 13.3. The Morgan fingerprint density at radius 3 is 2.41 bits per heavy atom. The van der Waals surface area contributed by atoms with Crippen LogP contribution in [0.4, 0.5) is 15.3 Å². The summed E-state index contributed by atoms with van der Waals surface area (Å²) in [4.78, 5) is 24.6. The fraction of sp³-hybridized carbons (Fsp3) is 0.593. The first-order chi connectivity index (χ1) is 17.6. The van der Waals surface area contributed by atoms with Gasteiger partial charge in [0.25, 0.3) is 5.88 Å². The van der Waals surface area contributed by atoms with E-state index in [1.54, 1.807) is 6.20 Å². The van der Waals surface area contributed by atoms with Gasteiger partial charge in [0.05, 0.1) is 24.9 Å². The van der Waals surface area contributed by atoms with Crippen molar-refractivity contribution in [3.05, 3.63) is 42.1 Å². The molecule has 0 unspecified atom stereocenters. The van der Waals surface area contributed by atoms with Gasteiger partial charge >= 0.3 is 12.2 Å². The monoisotopic (exact) mass is 516 g/mol. The Labute approximate surface area is 219 Å². The van der Waals surface area contributed by atoms with Gasteiger partial charge in [-0.1, -0.05) is 30.3 Å². The van der Waals surface area contributed by atoms with Gasteiger partial charge in [-0.25, -0.2) is 9.59 Å². The summed E-state index contributed by atoms with van der Waals surface area (Å²) < 4.78 is 24.0. The first kappa shape index (κ1) is 28.3. The SMILES string of the molecule is CC(C)OCCOc1nn([C@H]2CC[C@H](NC(=O)OC(C)(C)C)CC2)cc1NC(=O)OCc1ccccc1. The molecule has 10 nitrogen and oxygen atoms in total. The van der Waals surface area contributed by atoms with E-state index in [4.69, 9.17) is 18.9 Å². The Hall–Kier alpha value is -3.27. The largest absolute Gasteiger partial charge is 0.473 e. The summed E-state index contributed by atoms with van der Waals surface area (Å²) in [6, 6.07) is 9.64. The summed E-state index contributed by atoms with van der Waals surface area (Å²) in [5, 5.41) is 10.3. The standard InChI is InChI=1S/C27H40N4O6/c1-19(2)34-15-16-35-24-23(29-25(32)36-18-20-9-7-6-8-10-20)17-31(30-24)22-13-11-21(12-14-22)28-26(33)37-27(3,4)5/h6-10,17,19,21-22H,11-16,18H2,1-5H3,(H,28,33)(H,29,32)/t21-,22-. The molecular weight excluding hydrogens is 476 g/mol. The Morgan fingerprint density at radius 2 is 1.76 bits per heavy atom. The normalized spacial score (nSPS) is 17.8. The van der Waals surface area contributed by atoms with E-state index >= 15 is 0 Å². The van der Waals surface area contributed by atoms with Crippen molar-refractivity contribution in [1.29, 1.82) is 0 Å². The number of carbonyl (C=O) groups excluding carboxylic acids is 2. The van der Waals surface area contributed by atoms with Gasteiger partial charge in [0.1, 0.15) is 24.5 Å². The molecule has 1 aliphatic carbocycles. The third-order valence-corrected chi connectivity index (χ3v) is 5.71. The van der Waals surface area contributed by atoms with Crippen LogP contribution in [0.3, 0.4) is 0 Å². The number of nitrogens with zero attached hydrogens (tertiary/aromatic N) is 2. The van der Waals surface area contributed by atoms with E-state index in [1.165, 1.54) is 0 Å². The number of ether oxygens (including phenoxy) is 4. The van der Waals surface area contributed by atoms with Gasteiger partial charge in [-0.15, -0.1) is 5.10 Å². The van der Waals surface area contributed by atoms with Crippen LogP contribution in [0.15, 0.2) is 36.5 Å². The topological polar surface area (TPSA) is 113 Å². The molecule has 0 atom stereocenters.